The van der Waals surface area contributed by atoms with Crippen LogP contribution in [-0.4, -0.2) is 73.5 Å². The largest absolute Gasteiger partial charge is 0.496 e. The SMILES string of the molecule is CNC(=O)c1c(-c2ccc(CNC(=O)c3ccccc3OC)cc2)nn(CCN2CCOCC2)c1N. The van der Waals surface area contributed by atoms with Crippen LogP contribution in [0.3, 0.4) is 0 Å². The van der Waals surface area contributed by atoms with E-state index in [0.717, 1.165) is 44.0 Å². The number of ether oxygens (including phenoxy) is 2. The number of methoxy groups -OCH3 is 1. The van der Waals surface area contributed by atoms with Crippen LogP contribution in [0.1, 0.15) is 26.3 Å². The van der Waals surface area contributed by atoms with Crippen LogP contribution in [0.2, 0.25) is 0 Å². The molecular formula is C26H32N6O4. The molecule has 1 aliphatic heterocycles. The average molecular weight is 493 g/mol. The number of aromatic nitrogens is 2. The first-order valence-electron chi connectivity index (χ1n) is 11.9. The van der Waals surface area contributed by atoms with Gasteiger partial charge in [-0.2, -0.15) is 5.10 Å². The van der Waals surface area contributed by atoms with Crippen molar-refractivity contribution >= 4 is 17.6 Å². The molecule has 0 saturated carbocycles. The lowest BCUT2D eigenvalue weighted by Crippen LogP contribution is -2.38. The van der Waals surface area contributed by atoms with Crippen LogP contribution < -0.4 is 21.1 Å². The predicted molar refractivity (Wildman–Crippen MR) is 137 cm³/mol. The maximum absolute atomic E-state index is 12.6. The lowest BCUT2D eigenvalue weighted by atomic mass is 10.0. The second-order valence-electron chi connectivity index (χ2n) is 8.45. The van der Waals surface area contributed by atoms with Crippen LogP contribution in [0.5, 0.6) is 5.75 Å². The van der Waals surface area contributed by atoms with Crippen molar-refractivity contribution in [2.24, 2.45) is 0 Å². The molecule has 0 aliphatic carbocycles. The first kappa shape index (κ1) is 25.2. The molecule has 36 heavy (non-hydrogen) atoms. The quantitative estimate of drug-likeness (QED) is 0.416. The minimum absolute atomic E-state index is 0.217. The third-order valence-corrected chi connectivity index (χ3v) is 6.21. The highest BCUT2D eigenvalue weighted by molar-refractivity contribution is 6.04. The molecule has 2 amide bonds. The topological polar surface area (TPSA) is 124 Å². The normalized spacial score (nSPS) is 13.8. The third-order valence-electron chi connectivity index (χ3n) is 6.21. The van der Waals surface area contributed by atoms with E-state index in [4.69, 9.17) is 15.2 Å². The fourth-order valence-corrected chi connectivity index (χ4v) is 4.15. The van der Waals surface area contributed by atoms with Gasteiger partial charge in [-0.05, 0) is 17.7 Å². The Morgan fingerprint density at radius 3 is 2.47 bits per heavy atom. The molecule has 2 aromatic carbocycles. The van der Waals surface area contributed by atoms with Crippen LogP contribution >= 0.6 is 0 Å². The molecule has 10 heteroatoms. The standard InChI is InChI=1S/C26H32N6O4/c1-28-26(34)22-23(30-32(24(22)27)12-11-31-13-15-36-16-14-31)19-9-7-18(8-10-19)17-29-25(33)20-5-3-4-6-21(20)35-2/h3-10H,11-17,27H2,1-2H3,(H,28,34)(H,29,33). The van der Waals surface area contributed by atoms with Gasteiger partial charge < -0.3 is 25.8 Å². The molecule has 0 unspecified atom stereocenters. The molecule has 4 rings (SSSR count). The number of nitrogens with two attached hydrogens (primary N) is 1. The Morgan fingerprint density at radius 1 is 1.06 bits per heavy atom. The Balaban J connectivity index is 1.48. The zero-order chi connectivity index (χ0) is 25.5. The van der Waals surface area contributed by atoms with Crippen molar-refractivity contribution in [3.05, 3.63) is 65.2 Å². The van der Waals surface area contributed by atoms with Crippen molar-refractivity contribution in [2.45, 2.75) is 13.1 Å². The van der Waals surface area contributed by atoms with Crippen molar-refractivity contribution in [3.8, 4) is 17.0 Å². The number of hydrogen-bond donors (Lipinski definition) is 3. The highest BCUT2D eigenvalue weighted by Gasteiger charge is 2.23. The highest BCUT2D eigenvalue weighted by Crippen LogP contribution is 2.28. The Hall–Kier alpha value is -3.89. The molecule has 190 valence electrons. The van der Waals surface area contributed by atoms with Gasteiger partial charge in [-0.3, -0.25) is 14.5 Å². The van der Waals surface area contributed by atoms with Gasteiger partial charge in [0, 0.05) is 38.8 Å². The summed E-state index contributed by atoms with van der Waals surface area (Å²) in [7, 11) is 3.11. The number of amides is 2. The van der Waals surface area contributed by atoms with Gasteiger partial charge in [0.25, 0.3) is 11.8 Å². The molecule has 1 aliphatic rings. The minimum Gasteiger partial charge on any atom is -0.496 e. The second-order valence-corrected chi connectivity index (χ2v) is 8.45. The second kappa shape index (κ2) is 11.7. The van der Waals surface area contributed by atoms with E-state index in [1.165, 1.54) is 7.11 Å². The number of nitrogens with zero attached hydrogens (tertiary/aromatic N) is 3. The lowest BCUT2D eigenvalue weighted by molar-refractivity contribution is 0.0360. The summed E-state index contributed by atoms with van der Waals surface area (Å²) in [5, 5.41) is 10.3. The van der Waals surface area contributed by atoms with E-state index < -0.39 is 0 Å². The highest BCUT2D eigenvalue weighted by atomic mass is 16.5. The molecular weight excluding hydrogens is 460 g/mol. The maximum atomic E-state index is 12.6. The molecule has 0 bridgehead atoms. The molecule has 1 saturated heterocycles. The van der Waals surface area contributed by atoms with Crippen molar-refractivity contribution in [2.75, 3.05) is 52.7 Å². The van der Waals surface area contributed by atoms with Crippen molar-refractivity contribution in [1.82, 2.24) is 25.3 Å². The zero-order valence-electron chi connectivity index (χ0n) is 20.6. The van der Waals surface area contributed by atoms with Crippen LogP contribution in [0.25, 0.3) is 11.3 Å². The van der Waals surface area contributed by atoms with Gasteiger partial charge in [-0.15, -0.1) is 0 Å². The summed E-state index contributed by atoms with van der Waals surface area (Å²) in [5.41, 5.74) is 9.40. The summed E-state index contributed by atoms with van der Waals surface area (Å²) in [6, 6.07) is 14.6. The number of nitrogen functional groups attached to an aromatic ring is 1. The van der Waals surface area contributed by atoms with Gasteiger partial charge in [0.05, 0.1) is 32.4 Å². The average Bonchev–Trinajstić information content (AvgIpc) is 3.26. The first-order chi connectivity index (χ1) is 17.5. The number of nitrogens with one attached hydrogen (secondary N) is 2. The van der Waals surface area contributed by atoms with E-state index in [-0.39, 0.29) is 11.8 Å². The van der Waals surface area contributed by atoms with Crippen molar-refractivity contribution in [1.29, 1.82) is 0 Å². The molecule has 4 N–H and O–H groups in total. The van der Waals surface area contributed by atoms with Crippen LogP contribution in [0.4, 0.5) is 5.82 Å². The molecule has 0 radical (unpaired) electrons. The Labute approximate surface area is 210 Å². The predicted octanol–water partition coefficient (Wildman–Crippen LogP) is 1.76. The fraction of sp³-hybridized carbons (Fsp3) is 0.346. The number of para-hydroxylation sites is 1. The van der Waals surface area contributed by atoms with E-state index in [9.17, 15) is 9.59 Å². The van der Waals surface area contributed by atoms with Crippen molar-refractivity contribution < 1.29 is 19.1 Å². The van der Waals surface area contributed by atoms with E-state index in [1.54, 1.807) is 29.9 Å². The number of rotatable bonds is 9. The van der Waals surface area contributed by atoms with Crippen LogP contribution in [0, 0.1) is 0 Å². The van der Waals surface area contributed by atoms with Crippen LogP contribution in [0.15, 0.2) is 48.5 Å². The van der Waals surface area contributed by atoms with Gasteiger partial charge in [0.15, 0.2) is 0 Å². The van der Waals surface area contributed by atoms with Gasteiger partial charge in [-0.1, -0.05) is 36.4 Å². The zero-order valence-corrected chi connectivity index (χ0v) is 20.6. The van der Waals surface area contributed by atoms with Crippen molar-refractivity contribution in [3.63, 3.8) is 0 Å². The minimum atomic E-state index is -0.284. The molecule has 0 spiro atoms. The molecule has 3 aromatic rings. The molecule has 1 aromatic heterocycles. The van der Waals surface area contributed by atoms with Gasteiger partial charge in [0.2, 0.25) is 0 Å². The number of hydrogen-bond acceptors (Lipinski definition) is 7. The summed E-state index contributed by atoms with van der Waals surface area (Å²) in [6.45, 7) is 4.85. The number of anilines is 1. The number of carbonyl (C=O) groups excluding carboxylic acids is 2. The summed E-state index contributed by atoms with van der Waals surface area (Å²) in [5.74, 6) is 0.359. The fourth-order valence-electron chi connectivity index (χ4n) is 4.15. The smallest absolute Gasteiger partial charge is 0.257 e. The van der Waals surface area contributed by atoms with E-state index >= 15 is 0 Å². The number of benzene rings is 2. The van der Waals surface area contributed by atoms with E-state index in [0.29, 0.717) is 41.5 Å². The lowest BCUT2D eigenvalue weighted by Gasteiger charge is -2.26. The maximum Gasteiger partial charge on any atom is 0.257 e. The van der Waals surface area contributed by atoms with Gasteiger partial charge in [0.1, 0.15) is 22.8 Å². The van der Waals surface area contributed by atoms with Gasteiger partial charge >= 0.3 is 0 Å². The molecule has 0 atom stereocenters. The monoisotopic (exact) mass is 492 g/mol. The molecule has 10 nitrogen and oxygen atoms in total. The summed E-state index contributed by atoms with van der Waals surface area (Å²) >= 11 is 0. The Morgan fingerprint density at radius 2 is 1.78 bits per heavy atom. The third kappa shape index (κ3) is 5.67. The molecule has 1 fully saturated rings. The van der Waals surface area contributed by atoms with E-state index in [2.05, 4.69) is 20.6 Å². The number of carbonyl (C=O) groups is 2. The summed E-state index contributed by atoms with van der Waals surface area (Å²) < 4.78 is 12.4. The van der Waals surface area contributed by atoms with Gasteiger partial charge in [-0.25, -0.2) is 4.68 Å². The van der Waals surface area contributed by atoms with E-state index in [1.807, 2.05) is 30.3 Å². The summed E-state index contributed by atoms with van der Waals surface area (Å²) in [6.07, 6.45) is 0. The molecule has 2 heterocycles. The Bertz CT molecular complexity index is 1200. The summed E-state index contributed by atoms with van der Waals surface area (Å²) in [4.78, 5) is 27.5. The van der Waals surface area contributed by atoms with Crippen LogP contribution in [-0.2, 0) is 17.8 Å². The Kier molecular flexibility index (Phi) is 8.19. The first-order valence-corrected chi connectivity index (χ1v) is 11.9. The number of morpholine rings is 1.